The standard InChI is InChI=1S/C10H18N2O4/c1-15-7-8-4-3-5-12(8)9(13)6-11-10(14)16-2/h8H,3-7H2,1-2H3,(H,11,14)/t8-/m0/s1. The summed E-state index contributed by atoms with van der Waals surface area (Å²) in [5.41, 5.74) is 0. The number of carbonyl (C=O) groups is 2. The molecule has 0 spiro atoms. The van der Waals surface area contributed by atoms with Gasteiger partial charge in [-0.3, -0.25) is 4.79 Å². The van der Waals surface area contributed by atoms with E-state index in [9.17, 15) is 9.59 Å². The highest BCUT2D eigenvalue weighted by Crippen LogP contribution is 2.17. The lowest BCUT2D eigenvalue weighted by molar-refractivity contribution is -0.131. The number of rotatable bonds is 4. The second-order valence-electron chi connectivity index (χ2n) is 3.68. The number of amides is 2. The molecule has 0 aromatic carbocycles. The van der Waals surface area contributed by atoms with Crippen molar-refractivity contribution in [2.75, 3.05) is 33.9 Å². The Hall–Kier alpha value is -1.30. The third-order valence-corrected chi connectivity index (χ3v) is 2.63. The van der Waals surface area contributed by atoms with Crippen molar-refractivity contribution in [2.45, 2.75) is 18.9 Å². The van der Waals surface area contributed by atoms with Gasteiger partial charge in [0.05, 0.1) is 19.8 Å². The van der Waals surface area contributed by atoms with E-state index in [0.717, 1.165) is 19.4 Å². The van der Waals surface area contributed by atoms with Crippen LogP contribution in [-0.4, -0.2) is 56.9 Å². The molecule has 1 aliphatic heterocycles. The number of ether oxygens (including phenoxy) is 2. The smallest absolute Gasteiger partial charge is 0.407 e. The van der Waals surface area contributed by atoms with Crippen LogP contribution in [0, 0.1) is 0 Å². The van der Waals surface area contributed by atoms with Crippen molar-refractivity contribution in [1.29, 1.82) is 0 Å². The van der Waals surface area contributed by atoms with Crippen molar-refractivity contribution in [1.82, 2.24) is 10.2 Å². The average molecular weight is 230 g/mol. The fourth-order valence-electron chi connectivity index (χ4n) is 1.85. The lowest BCUT2D eigenvalue weighted by Crippen LogP contribution is -2.44. The molecule has 92 valence electrons. The van der Waals surface area contributed by atoms with E-state index in [4.69, 9.17) is 4.74 Å². The first-order chi connectivity index (χ1) is 7.69. The van der Waals surface area contributed by atoms with Gasteiger partial charge in [-0.05, 0) is 12.8 Å². The van der Waals surface area contributed by atoms with Crippen LogP contribution in [0.25, 0.3) is 0 Å². The van der Waals surface area contributed by atoms with Crippen molar-refractivity contribution in [3.63, 3.8) is 0 Å². The van der Waals surface area contributed by atoms with Crippen LogP contribution in [0.4, 0.5) is 4.79 Å². The topological polar surface area (TPSA) is 67.9 Å². The van der Waals surface area contributed by atoms with Crippen molar-refractivity contribution in [2.24, 2.45) is 0 Å². The first-order valence-electron chi connectivity index (χ1n) is 5.29. The SMILES string of the molecule is COC[C@@H]1CCCN1C(=O)CNC(=O)OC. The van der Waals surface area contributed by atoms with Crippen LogP contribution in [0.1, 0.15) is 12.8 Å². The van der Waals surface area contributed by atoms with Gasteiger partial charge in [-0.15, -0.1) is 0 Å². The van der Waals surface area contributed by atoms with Crippen LogP contribution < -0.4 is 5.32 Å². The van der Waals surface area contributed by atoms with Gasteiger partial charge in [0, 0.05) is 13.7 Å². The zero-order valence-electron chi connectivity index (χ0n) is 9.69. The molecule has 2 amide bonds. The third kappa shape index (κ3) is 3.37. The van der Waals surface area contributed by atoms with Gasteiger partial charge in [-0.2, -0.15) is 0 Å². The largest absolute Gasteiger partial charge is 0.453 e. The minimum Gasteiger partial charge on any atom is -0.453 e. The molecular formula is C10H18N2O4. The molecule has 0 aromatic rings. The Bertz CT molecular complexity index is 257. The van der Waals surface area contributed by atoms with Crippen molar-refractivity contribution in [3.05, 3.63) is 0 Å². The Labute approximate surface area is 94.9 Å². The molecule has 0 aliphatic carbocycles. The normalized spacial score (nSPS) is 19.6. The van der Waals surface area contributed by atoms with Gasteiger partial charge in [0.1, 0.15) is 6.54 Å². The van der Waals surface area contributed by atoms with Crippen LogP contribution in [0.15, 0.2) is 0 Å². The molecule has 0 bridgehead atoms. The van der Waals surface area contributed by atoms with Crippen LogP contribution in [0.5, 0.6) is 0 Å². The summed E-state index contributed by atoms with van der Waals surface area (Å²) in [6.45, 7) is 1.26. The predicted octanol–water partition coefficient (Wildman–Crippen LogP) is -0.0202. The maximum Gasteiger partial charge on any atom is 0.407 e. The average Bonchev–Trinajstić information content (AvgIpc) is 2.74. The van der Waals surface area contributed by atoms with Crippen LogP contribution in [0.3, 0.4) is 0 Å². The van der Waals surface area contributed by atoms with Crippen molar-refractivity contribution >= 4 is 12.0 Å². The molecule has 1 fully saturated rings. The van der Waals surface area contributed by atoms with E-state index < -0.39 is 6.09 Å². The molecule has 1 rings (SSSR count). The molecule has 0 unspecified atom stereocenters. The Kier molecular flexibility index (Phi) is 5.04. The molecule has 0 radical (unpaired) electrons. The van der Waals surface area contributed by atoms with E-state index in [1.165, 1.54) is 7.11 Å². The number of carbonyl (C=O) groups excluding carboxylic acids is 2. The van der Waals surface area contributed by atoms with Crippen LogP contribution >= 0.6 is 0 Å². The van der Waals surface area contributed by atoms with Gasteiger partial charge in [0.25, 0.3) is 0 Å². The summed E-state index contributed by atoms with van der Waals surface area (Å²) in [6, 6.07) is 0.136. The number of likely N-dealkylation sites (tertiary alicyclic amines) is 1. The molecule has 0 aromatic heterocycles. The molecule has 1 N–H and O–H groups in total. The number of nitrogens with zero attached hydrogens (tertiary/aromatic N) is 1. The zero-order valence-corrected chi connectivity index (χ0v) is 9.69. The van der Waals surface area contributed by atoms with Crippen molar-refractivity contribution in [3.8, 4) is 0 Å². The quantitative estimate of drug-likeness (QED) is 0.737. The Morgan fingerprint density at radius 1 is 1.44 bits per heavy atom. The molecule has 1 heterocycles. The predicted molar refractivity (Wildman–Crippen MR) is 57.0 cm³/mol. The first-order valence-corrected chi connectivity index (χ1v) is 5.29. The summed E-state index contributed by atoms with van der Waals surface area (Å²) < 4.78 is 9.44. The fraction of sp³-hybridized carbons (Fsp3) is 0.800. The van der Waals surface area contributed by atoms with Gasteiger partial charge < -0.3 is 19.7 Å². The van der Waals surface area contributed by atoms with Gasteiger partial charge in [-0.25, -0.2) is 4.79 Å². The number of hydrogen-bond donors (Lipinski definition) is 1. The number of alkyl carbamates (subject to hydrolysis) is 1. The Morgan fingerprint density at radius 3 is 2.81 bits per heavy atom. The maximum absolute atomic E-state index is 11.8. The lowest BCUT2D eigenvalue weighted by Gasteiger charge is -2.24. The van der Waals surface area contributed by atoms with Gasteiger partial charge in [-0.1, -0.05) is 0 Å². The van der Waals surface area contributed by atoms with E-state index in [-0.39, 0.29) is 18.5 Å². The summed E-state index contributed by atoms with van der Waals surface area (Å²) in [5.74, 6) is -0.0926. The highest BCUT2D eigenvalue weighted by molar-refractivity contribution is 5.82. The van der Waals surface area contributed by atoms with Gasteiger partial charge >= 0.3 is 6.09 Å². The van der Waals surface area contributed by atoms with E-state index in [2.05, 4.69) is 10.1 Å². The number of nitrogens with one attached hydrogen (secondary N) is 1. The zero-order chi connectivity index (χ0) is 12.0. The lowest BCUT2D eigenvalue weighted by atomic mass is 10.2. The van der Waals surface area contributed by atoms with E-state index in [0.29, 0.717) is 6.61 Å². The molecular weight excluding hydrogens is 212 g/mol. The number of methoxy groups -OCH3 is 2. The molecule has 0 saturated carbocycles. The second kappa shape index (κ2) is 6.32. The summed E-state index contributed by atoms with van der Waals surface area (Å²) in [7, 11) is 2.89. The van der Waals surface area contributed by atoms with Crippen LogP contribution in [0.2, 0.25) is 0 Å². The monoisotopic (exact) mass is 230 g/mol. The fourth-order valence-corrected chi connectivity index (χ4v) is 1.85. The molecule has 1 aliphatic rings. The minimum atomic E-state index is -0.587. The van der Waals surface area contributed by atoms with Crippen LogP contribution in [-0.2, 0) is 14.3 Å². The van der Waals surface area contributed by atoms with E-state index in [1.807, 2.05) is 0 Å². The minimum absolute atomic E-state index is 0.0209. The summed E-state index contributed by atoms with van der Waals surface area (Å²) in [6.07, 6.45) is 1.35. The molecule has 1 saturated heterocycles. The van der Waals surface area contributed by atoms with Crippen molar-refractivity contribution < 1.29 is 19.1 Å². The Morgan fingerprint density at radius 2 is 2.19 bits per heavy atom. The molecule has 16 heavy (non-hydrogen) atoms. The van der Waals surface area contributed by atoms with E-state index in [1.54, 1.807) is 12.0 Å². The summed E-state index contributed by atoms with van der Waals surface area (Å²) in [4.78, 5) is 24.3. The third-order valence-electron chi connectivity index (χ3n) is 2.63. The number of hydrogen-bond acceptors (Lipinski definition) is 4. The second-order valence-corrected chi connectivity index (χ2v) is 3.68. The highest BCUT2D eigenvalue weighted by atomic mass is 16.5. The van der Waals surface area contributed by atoms with Gasteiger partial charge in [0.15, 0.2) is 0 Å². The summed E-state index contributed by atoms with van der Waals surface area (Å²) in [5, 5.41) is 2.38. The first kappa shape index (κ1) is 12.8. The molecule has 1 atom stereocenters. The van der Waals surface area contributed by atoms with Gasteiger partial charge in [0.2, 0.25) is 5.91 Å². The highest BCUT2D eigenvalue weighted by Gasteiger charge is 2.28. The van der Waals surface area contributed by atoms with E-state index >= 15 is 0 Å². The summed E-state index contributed by atoms with van der Waals surface area (Å²) >= 11 is 0. The molecule has 6 heteroatoms. The maximum atomic E-state index is 11.8. The Balaban J connectivity index is 2.37. The molecule has 6 nitrogen and oxygen atoms in total.